The summed E-state index contributed by atoms with van der Waals surface area (Å²) in [5.74, 6) is -1.52. The average molecular weight is 595 g/mol. The molecule has 0 unspecified atom stereocenters. The first kappa shape index (κ1) is 28.8. The van der Waals surface area contributed by atoms with Crippen LogP contribution in [0.1, 0.15) is 27.0 Å². The van der Waals surface area contributed by atoms with Crippen LogP contribution in [-0.4, -0.2) is 38.7 Å². The highest BCUT2D eigenvalue weighted by Crippen LogP contribution is 2.34. The first-order chi connectivity index (χ1) is 20.4. The maximum Gasteiger partial charge on any atom is 0.323 e. The van der Waals surface area contributed by atoms with Gasteiger partial charge in [-0.25, -0.2) is 0 Å². The predicted octanol–water partition coefficient (Wildman–Crippen LogP) is 6.40. The number of carboxylic acid groups (broad SMARTS) is 1. The third kappa shape index (κ3) is 6.94. The number of ether oxygens (including phenoxy) is 1. The van der Waals surface area contributed by atoms with E-state index in [0.29, 0.717) is 23.4 Å². The molecule has 7 nitrogen and oxygen atoms in total. The van der Waals surface area contributed by atoms with Gasteiger partial charge in [0, 0.05) is 5.69 Å². The monoisotopic (exact) mass is 594 g/mol. The molecule has 4 aromatic rings. The lowest BCUT2D eigenvalue weighted by Gasteiger charge is -2.24. The summed E-state index contributed by atoms with van der Waals surface area (Å²) in [7, 11) is 0. The van der Waals surface area contributed by atoms with Gasteiger partial charge in [-0.2, -0.15) is 0 Å². The lowest BCUT2D eigenvalue weighted by Crippen LogP contribution is -2.33. The number of hydrogen-bond donors (Lipinski definition) is 1. The second-order valence-electron chi connectivity index (χ2n) is 9.40. The van der Waals surface area contributed by atoms with E-state index < -0.39 is 18.4 Å². The number of carbonyl (C=O) groups excluding carboxylic acids is 2. The SMILES string of the molecule is O=C(O)CN1C(=O)/C(=C/c2ccc(OCc3ccccc3)c(C(=O)N(Cc3ccccc3)c3ccccc3)c2)SC1=S. The highest BCUT2D eigenvalue weighted by atomic mass is 32.2. The Hall–Kier alpha value is -4.73. The zero-order valence-corrected chi connectivity index (χ0v) is 24.0. The summed E-state index contributed by atoms with van der Waals surface area (Å²) in [4.78, 5) is 41.4. The molecule has 0 spiro atoms. The fourth-order valence-electron chi connectivity index (χ4n) is 4.39. The molecule has 2 amide bonds. The molecule has 1 heterocycles. The summed E-state index contributed by atoms with van der Waals surface area (Å²) in [6, 6.07) is 33.9. The summed E-state index contributed by atoms with van der Waals surface area (Å²) >= 11 is 6.26. The van der Waals surface area contributed by atoms with Crippen molar-refractivity contribution in [2.75, 3.05) is 11.4 Å². The van der Waals surface area contributed by atoms with E-state index >= 15 is 0 Å². The molecule has 1 aliphatic heterocycles. The summed E-state index contributed by atoms with van der Waals surface area (Å²) < 4.78 is 6.34. The van der Waals surface area contributed by atoms with Gasteiger partial charge in [0.25, 0.3) is 11.8 Å². The minimum Gasteiger partial charge on any atom is -0.488 e. The van der Waals surface area contributed by atoms with Crippen molar-refractivity contribution < 1.29 is 24.2 Å². The molecule has 5 rings (SSSR count). The molecule has 1 aliphatic rings. The first-order valence-electron chi connectivity index (χ1n) is 13.1. The Morgan fingerprint density at radius 1 is 0.881 bits per heavy atom. The Bertz CT molecular complexity index is 1640. The van der Waals surface area contributed by atoms with Crippen LogP contribution in [0, 0.1) is 0 Å². The molecule has 42 heavy (non-hydrogen) atoms. The number of carboxylic acids is 1. The van der Waals surface area contributed by atoms with Gasteiger partial charge in [-0.15, -0.1) is 0 Å². The lowest BCUT2D eigenvalue weighted by atomic mass is 10.1. The van der Waals surface area contributed by atoms with Gasteiger partial charge in [-0.05, 0) is 47.0 Å². The van der Waals surface area contributed by atoms with Crippen molar-refractivity contribution in [3.05, 3.63) is 136 Å². The molecule has 1 fully saturated rings. The molecule has 4 aromatic carbocycles. The van der Waals surface area contributed by atoms with Crippen LogP contribution in [0.15, 0.2) is 114 Å². The van der Waals surface area contributed by atoms with E-state index in [0.717, 1.165) is 33.5 Å². The van der Waals surface area contributed by atoms with E-state index in [1.165, 1.54) is 0 Å². The number of thioether (sulfide) groups is 1. The van der Waals surface area contributed by atoms with Crippen LogP contribution in [0.4, 0.5) is 5.69 Å². The second kappa shape index (κ2) is 13.3. The maximum absolute atomic E-state index is 14.3. The van der Waals surface area contributed by atoms with Crippen LogP contribution in [0.5, 0.6) is 5.75 Å². The highest BCUT2D eigenvalue weighted by molar-refractivity contribution is 8.26. The third-order valence-electron chi connectivity index (χ3n) is 6.43. The molecule has 0 aliphatic carbocycles. The van der Waals surface area contributed by atoms with E-state index in [1.54, 1.807) is 29.2 Å². The number of aliphatic carboxylic acids is 1. The molecule has 0 saturated carbocycles. The van der Waals surface area contributed by atoms with Crippen LogP contribution in [0.25, 0.3) is 6.08 Å². The van der Waals surface area contributed by atoms with E-state index in [2.05, 4.69) is 0 Å². The first-order valence-corrected chi connectivity index (χ1v) is 14.3. The molecule has 1 N–H and O–H groups in total. The Morgan fingerprint density at radius 2 is 1.50 bits per heavy atom. The summed E-state index contributed by atoms with van der Waals surface area (Å²) in [5, 5.41) is 9.16. The number of thiocarbonyl (C=S) groups is 1. The molecule has 9 heteroatoms. The third-order valence-corrected chi connectivity index (χ3v) is 7.81. The van der Waals surface area contributed by atoms with Crippen molar-refractivity contribution in [2.24, 2.45) is 0 Å². The number of para-hydroxylation sites is 1. The van der Waals surface area contributed by atoms with E-state index in [4.69, 9.17) is 22.1 Å². The fourth-order valence-corrected chi connectivity index (χ4v) is 5.64. The normalized spacial score (nSPS) is 13.8. The van der Waals surface area contributed by atoms with E-state index in [-0.39, 0.29) is 21.7 Å². The van der Waals surface area contributed by atoms with Crippen LogP contribution in [-0.2, 0) is 22.7 Å². The van der Waals surface area contributed by atoms with Crippen LogP contribution >= 0.6 is 24.0 Å². The van der Waals surface area contributed by atoms with E-state index in [9.17, 15) is 14.4 Å². The van der Waals surface area contributed by atoms with Gasteiger partial charge in [0.05, 0.1) is 17.0 Å². The summed E-state index contributed by atoms with van der Waals surface area (Å²) in [5.41, 5.74) is 3.53. The zero-order chi connectivity index (χ0) is 29.5. The topological polar surface area (TPSA) is 87.1 Å². The highest BCUT2D eigenvalue weighted by Gasteiger charge is 2.33. The van der Waals surface area contributed by atoms with Gasteiger partial charge >= 0.3 is 5.97 Å². The van der Waals surface area contributed by atoms with Gasteiger partial charge < -0.3 is 14.7 Å². The Kier molecular flexibility index (Phi) is 9.11. The van der Waals surface area contributed by atoms with Crippen molar-refractivity contribution in [1.82, 2.24) is 4.90 Å². The predicted molar refractivity (Wildman–Crippen MR) is 168 cm³/mol. The van der Waals surface area contributed by atoms with Crippen LogP contribution < -0.4 is 9.64 Å². The van der Waals surface area contributed by atoms with Gasteiger partial charge in [-0.3, -0.25) is 19.3 Å². The average Bonchev–Trinajstić information content (AvgIpc) is 3.27. The number of carbonyl (C=O) groups is 3. The number of nitrogens with zero attached hydrogens (tertiary/aromatic N) is 2. The molecule has 0 aromatic heterocycles. The van der Waals surface area contributed by atoms with Crippen molar-refractivity contribution in [3.8, 4) is 5.75 Å². The van der Waals surface area contributed by atoms with Crippen molar-refractivity contribution in [2.45, 2.75) is 13.2 Å². The molecule has 1 saturated heterocycles. The minimum atomic E-state index is -1.15. The molecular weight excluding hydrogens is 569 g/mol. The quantitative estimate of drug-likeness (QED) is 0.168. The Morgan fingerprint density at radius 3 is 2.14 bits per heavy atom. The van der Waals surface area contributed by atoms with E-state index in [1.807, 2.05) is 91.0 Å². The van der Waals surface area contributed by atoms with Crippen molar-refractivity contribution in [1.29, 1.82) is 0 Å². The largest absolute Gasteiger partial charge is 0.488 e. The number of hydrogen-bond acceptors (Lipinski definition) is 6. The van der Waals surface area contributed by atoms with Crippen LogP contribution in [0.2, 0.25) is 0 Å². The Labute approximate surface area is 253 Å². The van der Waals surface area contributed by atoms with Gasteiger partial charge in [-0.1, -0.05) is 109 Å². The molecule has 210 valence electrons. The van der Waals surface area contributed by atoms with Crippen molar-refractivity contribution in [3.63, 3.8) is 0 Å². The molecular formula is C33H26N2O5S2. The Balaban J connectivity index is 1.53. The maximum atomic E-state index is 14.3. The lowest BCUT2D eigenvalue weighted by molar-refractivity contribution is -0.140. The number of anilines is 1. The standard InChI is InChI=1S/C33H26N2O5S2/c36-30(37)21-35-32(39)29(42-33(35)41)19-25-16-17-28(40-22-24-12-6-2-7-13-24)27(18-25)31(38)34(26-14-8-3-9-15-26)20-23-10-4-1-5-11-23/h1-19H,20-22H2,(H,36,37)/b29-19-. The summed E-state index contributed by atoms with van der Waals surface area (Å²) in [6.07, 6.45) is 1.61. The second-order valence-corrected chi connectivity index (χ2v) is 11.1. The number of benzene rings is 4. The molecule has 0 atom stereocenters. The number of rotatable bonds is 10. The molecule has 0 bridgehead atoms. The smallest absolute Gasteiger partial charge is 0.323 e. The molecule has 0 radical (unpaired) electrons. The van der Waals surface area contributed by atoms with Gasteiger partial charge in [0.15, 0.2) is 0 Å². The van der Waals surface area contributed by atoms with Gasteiger partial charge in [0.2, 0.25) is 0 Å². The minimum absolute atomic E-state index is 0.172. The van der Waals surface area contributed by atoms with Gasteiger partial charge in [0.1, 0.15) is 23.2 Å². The van der Waals surface area contributed by atoms with Crippen LogP contribution in [0.3, 0.4) is 0 Å². The summed E-state index contributed by atoms with van der Waals surface area (Å²) in [6.45, 7) is 0.0851. The fraction of sp³-hybridized carbons (Fsp3) is 0.0909. The zero-order valence-electron chi connectivity index (χ0n) is 22.4. The number of amides is 2. The van der Waals surface area contributed by atoms with Crippen molar-refractivity contribution >= 4 is 57.8 Å².